The number of non-ortho nitro benzene ring substituents is 1. The summed E-state index contributed by atoms with van der Waals surface area (Å²) in [5.41, 5.74) is 1.04. The number of nitro groups is 1. The lowest BCUT2D eigenvalue weighted by Gasteiger charge is -2.34. The van der Waals surface area contributed by atoms with Crippen LogP contribution in [0.2, 0.25) is 0 Å². The summed E-state index contributed by atoms with van der Waals surface area (Å²) in [5, 5.41) is 13.5. The first-order chi connectivity index (χ1) is 13.6. The smallest absolute Gasteiger partial charge is 0.271 e. The Kier molecular flexibility index (Phi) is 5.33. The Labute approximate surface area is 167 Å². The number of nitro benzene ring substituents is 1. The normalized spacial score (nSPS) is 15.8. The van der Waals surface area contributed by atoms with E-state index in [0.29, 0.717) is 5.69 Å². The Bertz CT molecular complexity index is 1080. The number of nitrogens with one attached hydrogen (secondary N) is 1. The third-order valence-corrected chi connectivity index (χ3v) is 5.47. The Morgan fingerprint density at radius 3 is 2.66 bits per heavy atom. The van der Waals surface area contributed by atoms with Crippen molar-refractivity contribution in [3.8, 4) is 11.5 Å². The molecule has 0 radical (unpaired) electrons. The number of anilines is 2. The maximum absolute atomic E-state index is 12.8. The van der Waals surface area contributed by atoms with Crippen LogP contribution in [-0.4, -0.2) is 45.3 Å². The zero-order chi connectivity index (χ0) is 21.3. The number of rotatable bonds is 5. The number of amides is 1. The van der Waals surface area contributed by atoms with Crippen LogP contribution in [0.5, 0.6) is 11.5 Å². The number of hydrogen-bond donors (Lipinski definition) is 1. The van der Waals surface area contributed by atoms with Gasteiger partial charge in [0.2, 0.25) is 10.0 Å². The molecule has 1 amide bonds. The standard InChI is InChI=1S/C18H19N3O7S/c1-11-4-6-16-14(8-11)20(29(3,25)26)10-17(28-16)18(22)19-13-9-12(21(23)24)5-7-15(13)27-2/h4-9,17H,10H2,1-3H3,(H,19,22)/t17-/m1/s1. The van der Waals surface area contributed by atoms with Crippen LogP contribution >= 0.6 is 0 Å². The van der Waals surface area contributed by atoms with Gasteiger partial charge in [-0.3, -0.25) is 19.2 Å². The molecule has 0 saturated carbocycles. The molecule has 1 aliphatic rings. The minimum absolute atomic E-state index is 0.0795. The molecule has 0 fully saturated rings. The lowest BCUT2D eigenvalue weighted by Crippen LogP contribution is -2.48. The Hall–Kier alpha value is -3.34. The van der Waals surface area contributed by atoms with Crippen LogP contribution in [0.3, 0.4) is 0 Å². The molecule has 154 valence electrons. The summed E-state index contributed by atoms with van der Waals surface area (Å²) in [6, 6.07) is 8.75. The van der Waals surface area contributed by atoms with Gasteiger partial charge in [-0.25, -0.2) is 8.42 Å². The molecule has 11 heteroatoms. The molecule has 1 heterocycles. The molecule has 2 aromatic rings. The molecule has 10 nitrogen and oxygen atoms in total. The van der Waals surface area contributed by atoms with Crippen LogP contribution in [-0.2, 0) is 14.8 Å². The van der Waals surface area contributed by atoms with Crippen molar-refractivity contribution < 1.29 is 27.6 Å². The highest BCUT2D eigenvalue weighted by Crippen LogP contribution is 2.36. The SMILES string of the molecule is COc1ccc([N+](=O)[O-])cc1NC(=O)[C@H]1CN(S(C)(=O)=O)c2cc(C)ccc2O1. The van der Waals surface area contributed by atoms with E-state index in [2.05, 4.69) is 5.32 Å². The number of nitrogens with zero attached hydrogens (tertiary/aromatic N) is 2. The van der Waals surface area contributed by atoms with E-state index < -0.39 is 27.0 Å². The van der Waals surface area contributed by atoms with Crippen molar-refractivity contribution in [3.05, 3.63) is 52.1 Å². The molecule has 1 aliphatic heterocycles. The molecular formula is C18H19N3O7S. The van der Waals surface area contributed by atoms with Gasteiger partial charge in [-0.15, -0.1) is 0 Å². The summed E-state index contributed by atoms with van der Waals surface area (Å²) in [6.45, 7) is 1.58. The molecular weight excluding hydrogens is 402 g/mol. The minimum atomic E-state index is -3.67. The maximum atomic E-state index is 12.8. The zero-order valence-corrected chi connectivity index (χ0v) is 16.7. The number of fused-ring (bicyclic) bond motifs is 1. The summed E-state index contributed by atoms with van der Waals surface area (Å²) < 4.78 is 36.4. The number of sulfonamides is 1. The molecule has 0 spiro atoms. The van der Waals surface area contributed by atoms with Crippen LogP contribution in [0.4, 0.5) is 17.1 Å². The molecule has 0 aromatic heterocycles. The van der Waals surface area contributed by atoms with Crippen molar-refractivity contribution in [3.63, 3.8) is 0 Å². The second-order valence-corrected chi connectivity index (χ2v) is 8.41. The van der Waals surface area contributed by atoms with E-state index in [-0.39, 0.29) is 29.4 Å². The largest absolute Gasteiger partial charge is 0.495 e. The number of methoxy groups -OCH3 is 1. The fraction of sp³-hybridized carbons (Fsp3) is 0.278. The van der Waals surface area contributed by atoms with Gasteiger partial charge in [0.1, 0.15) is 11.5 Å². The van der Waals surface area contributed by atoms with E-state index in [9.17, 15) is 23.3 Å². The van der Waals surface area contributed by atoms with Gasteiger partial charge in [0.25, 0.3) is 11.6 Å². The van der Waals surface area contributed by atoms with Crippen molar-refractivity contribution in [2.75, 3.05) is 29.5 Å². The van der Waals surface area contributed by atoms with Gasteiger partial charge in [0, 0.05) is 12.1 Å². The van der Waals surface area contributed by atoms with Crippen LogP contribution in [0, 0.1) is 17.0 Å². The highest BCUT2D eigenvalue weighted by atomic mass is 32.2. The van der Waals surface area contributed by atoms with E-state index >= 15 is 0 Å². The Morgan fingerprint density at radius 2 is 2.03 bits per heavy atom. The van der Waals surface area contributed by atoms with E-state index in [4.69, 9.17) is 9.47 Å². The van der Waals surface area contributed by atoms with Gasteiger partial charge in [-0.2, -0.15) is 0 Å². The van der Waals surface area contributed by atoms with Crippen molar-refractivity contribution in [2.45, 2.75) is 13.0 Å². The van der Waals surface area contributed by atoms with Gasteiger partial charge in [0.05, 0.1) is 36.2 Å². The van der Waals surface area contributed by atoms with Crippen molar-refractivity contribution in [1.29, 1.82) is 0 Å². The number of aryl methyl sites for hydroxylation is 1. The monoisotopic (exact) mass is 421 g/mol. The molecule has 0 saturated heterocycles. The van der Waals surface area contributed by atoms with Gasteiger partial charge in [0.15, 0.2) is 6.10 Å². The molecule has 0 bridgehead atoms. The van der Waals surface area contributed by atoms with Gasteiger partial charge in [-0.05, 0) is 30.7 Å². The first kappa shape index (κ1) is 20.4. The minimum Gasteiger partial charge on any atom is -0.495 e. The number of ether oxygens (including phenoxy) is 2. The highest BCUT2D eigenvalue weighted by Gasteiger charge is 2.35. The van der Waals surface area contributed by atoms with E-state index in [1.165, 1.54) is 19.2 Å². The van der Waals surface area contributed by atoms with Crippen molar-refractivity contribution in [2.24, 2.45) is 0 Å². The first-order valence-electron chi connectivity index (χ1n) is 8.48. The molecule has 1 N–H and O–H groups in total. The second-order valence-electron chi connectivity index (χ2n) is 6.50. The summed E-state index contributed by atoms with van der Waals surface area (Å²) >= 11 is 0. The highest BCUT2D eigenvalue weighted by molar-refractivity contribution is 7.92. The van der Waals surface area contributed by atoms with Crippen molar-refractivity contribution >= 4 is 33.0 Å². The third kappa shape index (κ3) is 4.24. The molecule has 2 aromatic carbocycles. The van der Waals surface area contributed by atoms with E-state index in [0.717, 1.165) is 22.2 Å². The Balaban J connectivity index is 1.92. The number of hydrogen-bond acceptors (Lipinski definition) is 7. The second kappa shape index (κ2) is 7.59. The average Bonchev–Trinajstić information content (AvgIpc) is 2.66. The fourth-order valence-electron chi connectivity index (χ4n) is 2.93. The predicted molar refractivity (Wildman–Crippen MR) is 106 cm³/mol. The summed E-state index contributed by atoms with van der Waals surface area (Å²) in [5.74, 6) is -0.196. The molecule has 0 unspecified atom stereocenters. The number of carbonyl (C=O) groups is 1. The Morgan fingerprint density at radius 1 is 1.31 bits per heavy atom. The van der Waals surface area contributed by atoms with Crippen LogP contribution < -0.4 is 19.1 Å². The zero-order valence-electron chi connectivity index (χ0n) is 15.9. The number of benzene rings is 2. The first-order valence-corrected chi connectivity index (χ1v) is 10.3. The number of carbonyl (C=O) groups excluding carboxylic acids is 1. The van der Waals surface area contributed by atoms with Crippen molar-refractivity contribution in [1.82, 2.24) is 0 Å². The van der Waals surface area contributed by atoms with E-state index in [1.807, 2.05) is 6.92 Å². The fourth-order valence-corrected chi connectivity index (χ4v) is 3.84. The summed E-state index contributed by atoms with van der Waals surface area (Å²) in [4.78, 5) is 23.2. The van der Waals surface area contributed by atoms with Gasteiger partial charge >= 0.3 is 0 Å². The van der Waals surface area contributed by atoms with Gasteiger partial charge in [-0.1, -0.05) is 6.07 Å². The van der Waals surface area contributed by atoms with Gasteiger partial charge < -0.3 is 14.8 Å². The summed E-state index contributed by atoms with van der Waals surface area (Å²) in [6.07, 6.45) is -0.118. The molecule has 1 atom stereocenters. The molecule has 3 rings (SSSR count). The predicted octanol–water partition coefficient (Wildman–Crippen LogP) is 2.08. The van der Waals surface area contributed by atoms with E-state index in [1.54, 1.807) is 18.2 Å². The lowest BCUT2D eigenvalue weighted by molar-refractivity contribution is -0.384. The van der Waals surface area contributed by atoms with Crippen LogP contribution in [0.1, 0.15) is 5.56 Å². The third-order valence-electron chi connectivity index (χ3n) is 4.33. The van der Waals surface area contributed by atoms with Crippen LogP contribution in [0.15, 0.2) is 36.4 Å². The summed E-state index contributed by atoms with van der Waals surface area (Å²) in [7, 11) is -2.31. The molecule has 29 heavy (non-hydrogen) atoms. The topological polar surface area (TPSA) is 128 Å². The lowest BCUT2D eigenvalue weighted by atomic mass is 10.1. The average molecular weight is 421 g/mol. The molecule has 0 aliphatic carbocycles. The van der Waals surface area contributed by atoms with Crippen LogP contribution in [0.25, 0.3) is 0 Å². The maximum Gasteiger partial charge on any atom is 0.271 e. The quantitative estimate of drug-likeness (QED) is 0.578.